The number of rotatable bonds is 5. The molecule has 1 aromatic heterocycles. The molecule has 0 aliphatic rings. The normalized spacial score (nSPS) is 10.8. The lowest BCUT2D eigenvalue weighted by Gasteiger charge is -2.02. The maximum Gasteiger partial charge on any atom is 0.252 e. The molecule has 0 saturated heterocycles. The van der Waals surface area contributed by atoms with Crippen molar-refractivity contribution in [3.8, 4) is 0 Å². The van der Waals surface area contributed by atoms with E-state index in [2.05, 4.69) is 20.5 Å². The summed E-state index contributed by atoms with van der Waals surface area (Å²) in [4.78, 5) is 18.3. The average Bonchev–Trinajstić information content (AvgIpc) is 2.40. The van der Waals surface area contributed by atoms with Gasteiger partial charge in [-0.2, -0.15) is 5.10 Å². The lowest BCUT2D eigenvalue weighted by Crippen LogP contribution is -2.11. The maximum atomic E-state index is 11.4. The highest BCUT2D eigenvalue weighted by atomic mass is 16.1. The Morgan fingerprint density at radius 1 is 1.37 bits per heavy atom. The Labute approximate surface area is 111 Å². The molecule has 0 radical (unpaired) electrons. The summed E-state index contributed by atoms with van der Waals surface area (Å²) in [5.41, 5.74) is 4.31. The first-order chi connectivity index (χ1) is 9.28. The summed E-state index contributed by atoms with van der Waals surface area (Å²) < 4.78 is 0. The molecule has 0 atom stereocenters. The monoisotopic (exact) mass is 256 g/mol. The number of aryl methyl sites for hydroxylation is 1. The van der Waals surface area contributed by atoms with E-state index in [0.29, 0.717) is 5.95 Å². The van der Waals surface area contributed by atoms with E-state index in [1.54, 1.807) is 6.21 Å². The molecular formula is C14H16N4O. The van der Waals surface area contributed by atoms with E-state index in [1.807, 2.05) is 37.3 Å². The minimum Gasteiger partial charge on any atom is -0.291 e. The van der Waals surface area contributed by atoms with E-state index >= 15 is 0 Å². The van der Waals surface area contributed by atoms with E-state index < -0.39 is 0 Å². The van der Waals surface area contributed by atoms with Crippen LogP contribution in [-0.2, 0) is 6.42 Å². The number of nitrogens with zero attached hydrogens (tertiary/aromatic N) is 2. The second-order valence-corrected chi connectivity index (χ2v) is 4.12. The molecule has 0 aliphatic heterocycles. The van der Waals surface area contributed by atoms with Crippen LogP contribution in [0, 0.1) is 0 Å². The second kappa shape index (κ2) is 6.49. The zero-order valence-electron chi connectivity index (χ0n) is 10.8. The van der Waals surface area contributed by atoms with Gasteiger partial charge in [-0.25, -0.2) is 10.4 Å². The molecule has 0 unspecified atom stereocenters. The van der Waals surface area contributed by atoms with Crippen molar-refractivity contribution in [1.29, 1.82) is 0 Å². The van der Waals surface area contributed by atoms with Crippen LogP contribution in [0.4, 0.5) is 5.95 Å². The van der Waals surface area contributed by atoms with Gasteiger partial charge in [0.2, 0.25) is 5.95 Å². The largest absolute Gasteiger partial charge is 0.291 e. The molecule has 1 heterocycles. The zero-order chi connectivity index (χ0) is 13.5. The Morgan fingerprint density at radius 2 is 2.16 bits per heavy atom. The van der Waals surface area contributed by atoms with Crippen LogP contribution in [0.3, 0.4) is 0 Å². The number of benzene rings is 1. The third kappa shape index (κ3) is 4.06. The predicted octanol–water partition coefficient (Wildman–Crippen LogP) is 2.17. The van der Waals surface area contributed by atoms with Crippen molar-refractivity contribution >= 4 is 12.2 Å². The van der Waals surface area contributed by atoms with Gasteiger partial charge in [-0.15, -0.1) is 0 Å². The number of aromatic amines is 1. The Bertz CT molecular complexity index is 604. The molecule has 98 valence electrons. The van der Waals surface area contributed by atoms with Crippen LogP contribution in [0.15, 0.2) is 46.3 Å². The lowest BCUT2D eigenvalue weighted by molar-refractivity contribution is 0.867. The van der Waals surface area contributed by atoms with Crippen LogP contribution in [0.25, 0.3) is 0 Å². The Balaban J connectivity index is 2.07. The summed E-state index contributed by atoms with van der Waals surface area (Å²) in [6.07, 6.45) is 3.40. The molecule has 2 rings (SSSR count). The van der Waals surface area contributed by atoms with Gasteiger partial charge < -0.3 is 0 Å². The number of hydrogen-bond donors (Lipinski definition) is 2. The summed E-state index contributed by atoms with van der Waals surface area (Å²) in [5, 5.41) is 4.05. The molecule has 19 heavy (non-hydrogen) atoms. The van der Waals surface area contributed by atoms with Crippen molar-refractivity contribution in [2.24, 2.45) is 5.10 Å². The summed E-state index contributed by atoms with van der Waals surface area (Å²) >= 11 is 0. The molecule has 2 aromatic rings. The molecular weight excluding hydrogens is 240 g/mol. The topological polar surface area (TPSA) is 70.1 Å². The van der Waals surface area contributed by atoms with Crippen molar-refractivity contribution in [2.75, 3.05) is 5.43 Å². The Morgan fingerprint density at radius 3 is 2.89 bits per heavy atom. The number of nitrogens with one attached hydrogen (secondary N) is 2. The van der Waals surface area contributed by atoms with E-state index in [4.69, 9.17) is 0 Å². The van der Waals surface area contributed by atoms with Gasteiger partial charge in [0, 0.05) is 11.8 Å². The zero-order valence-corrected chi connectivity index (χ0v) is 10.8. The highest BCUT2D eigenvalue weighted by Crippen LogP contribution is 2.00. The second-order valence-electron chi connectivity index (χ2n) is 4.12. The lowest BCUT2D eigenvalue weighted by atomic mass is 10.2. The predicted molar refractivity (Wildman–Crippen MR) is 76.5 cm³/mol. The fourth-order valence-electron chi connectivity index (χ4n) is 1.65. The fraction of sp³-hybridized carbons (Fsp3) is 0.214. The van der Waals surface area contributed by atoms with E-state index in [-0.39, 0.29) is 5.56 Å². The molecule has 0 fully saturated rings. The summed E-state index contributed by atoms with van der Waals surface area (Å²) in [6.45, 7) is 2.05. The van der Waals surface area contributed by atoms with Crippen molar-refractivity contribution in [1.82, 2.24) is 9.97 Å². The van der Waals surface area contributed by atoms with Crippen molar-refractivity contribution in [3.63, 3.8) is 0 Å². The van der Waals surface area contributed by atoms with Crippen LogP contribution in [0.2, 0.25) is 0 Å². The minimum absolute atomic E-state index is 0.170. The highest BCUT2D eigenvalue weighted by molar-refractivity contribution is 5.79. The van der Waals surface area contributed by atoms with Gasteiger partial charge in [0.25, 0.3) is 5.56 Å². The maximum absolute atomic E-state index is 11.4. The molecule has 2 N–H and O–H groups in total. The molecule has 0 bridgehead atoms. The molecule has 5 heteroatoms. The van der Waals surface area contributed by atoms with Crippen LogP contribution in [0.1, 0.15) is 24.6 Å². The van der Waals surface area contributed by atoms with Crippen LogP contribution >= 0.6 is 0 Å². The van der Waals surface area contributed by atoms with Gasteiger partial charge >= 0.3 is 0 Å². The smallest absolute Gasteiger partial charge is 0.252 e. The van der Waals surface area contributed by atoms with Crippen molar-refractivity contribution in [2.45, 2.75) is 19.8 Å². The van der Waals surface area contributed by atoms with Crippen molar-refractivity contribution < 1.29 is 0 Å². The quantitative estimate of drug-likeness (QED) is 0.636. The SMILES string of the molecule is CCCc1cc(=O)[nH]c(N/N=C/c2ccccc2)n1. The number of anilines is 1. The van der Waals surface area contributed by atoms with Crippen LogP contribution < -0.4 is 11.0 Å². The minimum atomic E-state index is -0.170. The molecule has 0 spiro atoms. The molecule has 5 nitrogen and oxygen atoms in total. The standard InChI is InChI=1S/C14H16N4O/c1-2-6-12-9-13(19)17-14(16-12)18-15-10-11-7-4-3-5-8-11/h3-5,7-10H,2,6H2,1H3,(H2,16,17,18,19)/b15-10+. The van der Waals surface area contributed by atoms with Gasteiger partial charge in [0.05, 0.1) is 6.21 Å². The van der Waals surface area contributed by atoms with Crippen LogP contribution in [0.5, 0.6) is 0 Å². The first kappa shape index (κ1) is 13.0. The van der Waals surface area contributed by atoms with Gasteiger partial charge in [-0.1, -0.05) is 43.7 Å². The summed E-state index contributed by atoms with van der Waals surface area (Å²) in [6, 6.07) is 11.2. The van der Waals surface area contributed by atoms with Crippen molar-refractivity contribution in [3.05, 3.63) is 58.0 Å². The molecule has 0 saturated carbocycles. The van der Waals surface area contributed by atoms with Crippen LogP contribution in [-0.4, -0.2) is 16.2 Å². The van der Waals surface area contributed by atoms with Gasteiger partial charge in [0.15, 0.2) is 0 Å². The number of aromatic nitrogens is 2. The van der Waals surface area contributed by atoms with Gasteiger partial charge in [-0.05, 0) is 12.0 Å². The first-order valence-electron chi connectivity index (χ1n) is 6.22. The third-order valence-electron chi connectivity index (χ3n) is 2.48. The number of hydrazone groups is 1. The number of hydrogen-bond acceptors (Lipinski definition) is 4. The summed E-state index contributed by atoms with van der Waals surface area (Å²) in [5.74, 6) is 0.364. The average molecular weight is 256 g/mol. The molecule has 0 aliphatic carbocycles. The van der Waals surface area contributed by atoms with E-state index in [0.717, 1.165) is 24.1 Å². The Kier molecular flexibility index (Phi) is 4.44. The Hall–Kier alpha value is -2.43. The number of H-pyrrole nitrogens is 1. The van der Waals surface area contributed by atoms with E-state index in [9.17, 15) is 4.79 Å². The molecule has 1 aromatic carbocycles. The first-order valence-corrected chi connectivity index (χ1v) is 6.22. The highest BCUT2D eigenvalue weighted by Gasteiger charge is 1.99. The summed E-state index contributed by atoms with van der Waals surface area (Å²) in [7, 11) is 0. The van der Waals surface area contributed by atoms with E-state index in [1.165, 1.54) is 6.07 Å². The fourth-order valence-corrected chi connectivity index (χ4v) is 1.65. The van der Waals surface area contributed by atoms with Gasteiger partial charge in [-0.3, -0.25) is 9.78 Å². The third-order valence-corrected chi connectivity index (χ3v) is 2.48. The van der Waals surface area contributed by atoms with Gasteiger partial charge in [0.1, 0.15) is 0 Å². The molecule has 0 amide bonds.